The van der Waals surface area contributed by atoms with Gasteiger partial charge in [0.15, 0.2) is 0 Å². The predicted octanol–water partition coefficient (Wildman–Crippen LogP) is 3.02. The van der Waals surface area contributed by atoms with Gasteiger partial charge in [-0.1, -0.05) is 48.8 Å². The molecule has 1 N–H and O–H groups in total. The molecular weight excluding hydrogens is 264 g/mol. The molecule has 0 spiro atoms. The third kappa shape index (κ3) is 3.42. The van der Waals surface area contributed by atoms with Crippen molar-refractivity contribution in [2.75, 3.05) is 25.0 Å². The van der Waals surface area contributed by atoms with Crippen molar-refractivity contribution in [1.29, 1.82) is 0 Å². The SMILES string of the molecule is CCN1CCCCC1CNc1nc(-c2ccccc2)no1. The summed E-state index contributed by atoms with van der Waals surface area (Å²) >= 11 is 0. The van der Waals surface area contributed by atoms with Gasteiger partial charge in [-0.2, -0.15) is 4.98 Å². The average Bonchev–Trinajstić information content (AvgIpc) is 3.03. The molecule has 1 aromatic heterocycles. The molecule has 5 heteroatoms. The minimum atomic E-state index is 0.510. The molecule has 0 saturated carbocycles. The van der Waals surface area contributed by atoms with E-state index in [0.717, 1.165) is 18.7 Å². The number of likely N-dealkylation sites (tertiary alicyclic amines) is 1. The maximum absolute atomic E-state index is 5.29. The summed E-state index contributed by atoms with van der Waals surface area (Å²) in [5.41, 5.74) is 0.974. The molecule has 1 unspecified atom stereocenters. The van der Waals surface area contributed by atoms with Gasteiger partial charge in [-0.15, -0.1) is 0 Å². The molecule has 1 aliphatic rings. The molecule has 1 aromatic carbocycles. The molecule has 21 heavy (non-hydrogen) atoms. The fourth-order valence-corrected chi connectivity index (χ4v) is 2.91. The van der Waals surface area contributed by atoms with Crippen LogP contribution in [0.5, 0.6) is 0 Å². The van der Waals surface area contributed by atoms with Crippen molar-refractivity contribution in [2.24, 2.45) is 0 Å². The molecule has 0 amide bonds. The van der Waals surface area contributed by atoms with Crippen molar-refractivity contribution in [3.8, 4) is 11.4 Å². The van der Waals surface area contributed by atoms with Crippen LogP contribution in [0.25, 0.3) is 11.4 Å². The summed E-state index contributed by atoms with van der Waals surface area (Å²) < 4.78 is 5.29. The fraction of sp³-hybridized carbons (Fsp3) is 0.500. The highest BCUT2D eigenvalue weighted by molar-refractivity contribution is 5.54. The van der Waals surface area contributed by atoms with E-state index in [1.165, 1.54) is 25.8 Å². The van der Waals surface area contributed by atoms with E-state index in [0.29, 0.717) is 17.9 Å². The van der Waals surface area contributed by atoms with E-state index >= 15 is 0 Å². The second-order valence-corrected chi connectivity index (χ2v) is 5.45. The summed E-state index contributed by atoms with van der Waals surface area (Å²) in [7, 11) is 0. The van der Waals surface area contributed by atoms with Crippen LogP contribution in [0.2, 0.25) is 0 Å². The molecule has 1 fully saturated rings. The average molecular weight is 286 g/mol. The number of hydrogen-bond donors (Lipinski definition) is 1. The Bertz CT molecular complexity index is 554. The first-order valence-electron chi connectivity index (χ1n) is 7.74. The number of nitrogens with one attached hydrogen (secondary N) is 1. The summed E-state index contributed by atoms with van der Waals surface area (Å²) in [5, 5.41) is 7.31. The van der Waals surface area contributed by atoms with Gasteiger partial charge in [0, 0.05) is 18.2 Å². The Kier molecular flexibility index (Phi) is 4.50. The summed E-state index contributed by atoms with van der Waals surface area (Å²) in [4.78, 5) is 6.93. The lowest BCUT2D eigenvalue weighted by molar-refractivity contribution is 0.164. The lowest BCUT2D eigenvalue weighted by Crippen LogP contribution is -2.43. The number of rotatable bonds is 5. The van der Waals surface area contributed by atoms with Gasteiger partial charge in [-0.25, -0.2) is 0 Å². The topological polar surface area (TPSA) is 54.2 Å². The first-order chi connectivity index (χ1) is 10.4. The van der Waals surface area contributed by atoms with Gasteiger partial charge in [0.25, 0.3) is 0 Å². The molecular formula is C16H22N4O. The molecule has 1 aliphatic heterocycles. The molecule has 2 heterocycles. The zero-order chi connectivity index (χ0) is 14.5. The highest BCUT2D eigenvalue weighted by atomic mass is 16.5. The molecule has 0 aliphatic carbocycles. The zero-order valence-electron chi connectivity index (χ0n) is 12.5. The molecule has 0 radical (unpaired) electrons. The van der Waals surface area contributed by atoms with Crippen LogP contribution in [0.3, 0.4) is 0 Å². The quantitative estimate of drug-likeness (QED) is 0.915. The highest BCUT2D eigenvalue weighted by Crippen LogP contribution is 2.19. The second-order valence-electron chi connectivity index (χ2n) is 5.45. The Morgan fingerprint density at radius 1 is 1.29 bits per heavy atom. The molecule has 5 nitrogen and oxygen atoms in total. The van der Waals surface area contributed by atoms with E-state index < -0.39 is 0 Å². The molecule has 1 saturated heterocycles. The Morgan fingerprint density at radius 3 is 2.95 bits per heavy atom. The highest BCUT2D eigenvalue weighted by Gasteiger charge is 2.21. The van der Waals surface area contributed by atoms with Crippen LogP contribution >= 0.6 is 0 Å². The van der Waals surface area contributed by atoms with Crippen LogP contribution in [-0.2, 0) is 0 Å². The Labute approximate surface area is 125 Å². The van der Waals surface area contributed by atoms with Crippen LogP contribution in [-0.4, -0.2) is 40.7 Å². The number of nitrogens with zero attached hydrogens (tertiary/aromatic N) is 3. The largest absolute Gasteiger partial charge is 0.336 e. The Balaban J connectivity index is 1.60. The van der Waals surface area contributed by atoms with Crippen LogP contribution < -0.4 is 5.32 Å². The minimum Gasteiger partial charge on any atom is -0.336 e. The Hall–Kier alpha value is -1.88. The third-order valence-corrected chi connectivity index (χ3v) is 4.10. The molecule has 1 atom stereocenters. The van der Waals surface area contributed by atoms with E-state index in [9.17, 15) is 0 Å². The summed E-state index contributed by atoms with van der Waals surface area (Å²) in [6, 6.07) is 11.0. The number of anilines is 1. The van der Waals surface area contributed by atoms with Gasteiger partial charge in [0.2, 0.25) is 5.82 Å². The first-order valence-corrected chi connectivity index (χ1v) is 7.74. The van der Waals surface area contributed by atoms with Crippen molar-refractivity contribution in [1.82, 2.24) is 15.0 Å². The van der Waals surface area contributed by atoms with E-state index in [2.05, 4.69) is 27.3 Å². The summed E-state index contributed by atoms with van der Waals surface area (Å²) in [6.45, 7) is 5.39. The van der Waals surface area contributed by atoms with E-state index in [4.69, 9.17) is 4.52 Å². The van der Waals surface area contributed by atoms with E-state index in [1.54, 1.807) is 0 Å². The fourth-order valence-electron chi connectivity index (χ4n) is 2.91. The van der Waals surface area contributed by atoms with E-state index in [1.807, 2.05) is 30.3 Å². The Morgan fingerprint density at radius 2 is 2.14 bits per heavy atom. The smallest absolute Gasteiger partial charge is 0.321 e. The third-order valence-electron chi connectivity index (χ3n) is 4.10. The van der Waals surface area contributed by atoms with Gasteiger partial charge in [0.05, 0.1) is 0 Å². The lowest BCUT2D eigenvalue weighted by Gasteiger charge is -2.34. The molecule has 3 rings (SSSR count). The standard InChI is InChI=1S/C16H22N4O/c1-2-20-11-7-6-10-14(20)12-17-16-18-15(19-21-16)13-8-4-3-5-9-13/h3-5,8-9,14H,2,6-7,10-12H2,1H3,(H,17,18,19). The van der Waals surface area contributed by atoms with Crippen molar-refractivity contribution in [3.05, 3.63) is 30.3 Å². The van der Waals surface area contributed by atoms with Crippen LogP contribution in [0.1, 0.15) is 26.2 Å². The van der Waals surface area contributed by atoms with Gasteiger partial charge in [0.1, 0.15) is 0 Å². The number of aromatic nitrogens is 2. The van der Waals surface area contributed by atoms with Gasteiger partial charge in [-0.3, -0.25) is 4.90 Å². The van der Waals surface area contributed by atoms with E-state index in [-0.39, 0.29) is 0 Å². The maximum Gasteiger partial charge on any atom is 0.321 e. The van der Waals surface area contributed by atoms with Crippen molar-refractivity contribution >= 4 is 6.01 Å². The van der Waals surface area contributed by atoms with Crippen molar-refractivity contribution in [2.45, 2.75) is 32.2 Å². The normalized spacial score (nSPS) is 19.6. The van der Waals surface area contributed by atoms with Crippen LogP contribution in [0.4, 0.5) is 6.01 Å². The molecule has 112 valence electrons. The molecule has 0 bridgehead atoms. The maximum atomic E-state index is 5.29. The van der Waals surface area contributed by atoms with Crippen molar-refractivity contribution in [3.63, 3.8) is 0 Å². The zero-order valence-corrected chi connectivity index (χ0v) is 12.5. The number of likely N-dealkylation sites (N-methyl/N-ethyl adjacent to an activating group) is 1. The van der Waals surface area contributed by atoms with Crippen LogP contribution in [0.15, 0.2) is 34.9 Å². The predicted molar refractivity (Wildman–Crippen MR) is 83.1 cm³/mol. The summed E-state index contributed by atoms with van der Waals surface area (Å²) in [5.74, 6) is 0.633. The molecule has 2 aromatic rings. The number of piperidine rings is 1. The van der Waals surface area contributed by atoms with Gasteiger partial charge >= 0.3 is 6.01 Å². The lowest BCUT2D eigenvalue weighted by atomic mass is 10.0. The minimum absolute atomic E-state index is 0.510. The monoisotopic (exact) mass is 286 g/mol. The summed E-state index contributed by atoms with van der Waals surface area (Å²) in [6.07, 6.45) is 3.85. The first kappa shape index (κ1) is 14.1. The second kappa shape index (κ2) is 6.72. The number of benzene rings is 1. The van der Waals surface area contributed by atoms with Crippen molar-refractivity contribution < 1.29 is 4.52 Å². The number of hydrogen-bond acceptors (Lipinski definition) is 5. The van der Waals surface area contributed by atoms with Gasteiger partial charge in [-0.05, 0) is 25.9 Å². The van der Waals surface area contributed by atoms with Crippen LogP contribution in [0, 0.1) is 0 Å². The van der Waals surface area contributed by atoms with Gasteiger partial charge < -0.3 is 9.84 Å².